The van der Waals surface area contributed by atoms with E-state index in [2.05, 4.69) is 15.1 Å². The highest BCUT2D eigenvalue weighted by molar-refractivity contribution is 5.64. The SMILES string of the molecule is COc1nc(C)ccc1-c1noc(-c2ccc([N+](=O)[O-])cc2)n1. The van der Waals surface area contributed by atoms with E-state index in [1.807, 2.05) is 13.0 Å². The average Bonchev–Trinajstić information content (AvgIpc) is 3.04. The lowest BCUT2D eigenvalue weighted by molar-refractivity contribution is -0.384. The van der Waals surface area contributed by atoms with Gasteiger partial charge in [-0.05, 0) is 31.2 Å². The standard InChI is InChI=1S/C15H12N4O4/c1-9-3-8-12(15(16-9)22-2)13-17-14(23-18-13)10-4-6-11(7-5-10)19(20)21/h3-8H,1-2H3. The van der Waals surface area contributed by atoms with Crippen LogP contribution in [-0.4, -0.2) is 27.2 Å². The Labute approximate surface area is 130 Å². The Balaban J connectivity index is 1.96. The van der Waals surface area contributed by atoms with Gasteiger partial charge in [-0.25, -0.2) is 4.98 Å². The number of methoxy groups -OCH3 is 1. The van der Waals surface area contributed by atoms with Crippen LogP contribution in [0.15, 0.2) is 40.9 Å². The second-order valence-corrected chi connectivity index (χ2v) is 4.74. The molecule has 0 aliphatic carbocycles. The largest absolute Gasteiger partial charge is 0.480 e. The van der Waals surface area contributed by atoms with Gasteiger partial charge in [0.1, 0.15) is 0 Å². The molecule has 0 saturated carbocycles. The van der Waals surface area contributed by atoms with Gasteiger partial charge in [-0.15, -0.1) is 0 Å². The number of nitro groups is 1. The summed E-state index contributed by atoms with van der Waals surface area (Å²) in [5.74, 6) is 1.00. The Kier molecular flexibility index (Phi) is 3.71. The molecule has 0 aliphatic rings. The maximum atomic E-state index is 10.7. The summed E-state index contributed by atoms with van der Waals surface area (Å²) in [5.41, 5.74) is 2.01. The number of benzene rings is 1. The molecule has 0 aliphatic heterocycles. The first-order valence-electron chi connectivity index (χ1n) is 6.69. The topological polar surface area (TPSA) is 104 Å². The van der Waals surface area contributed by atoms with Gasteiger partial charge in [-0.1, -0.05) is 5.16 Å². The average molecular weight is 312 g/mol. The Morgan fingerprint density at radius 2 is 1.87 bits per heavy atom. The summed E-state index contributed by atoms with van der Waals surface area (Å²) in [6.07, 6.45) is 0. The third-order valence-electron chi connectivity index (χ3n) is 3.18. The third-order valence-corrected chi connectivity index (χ3v) is 3.18. The predicted octanol–water partition coefficient (Wildman–Crippen LogP) is 3.02. The molecule has 2 aromatic heterocycles. The second-order valence-electron chi connectivity index (χ2n) is 4.74. The van der Waals surface area contributed by atoms with E-state index < -0.39 is 4.92 Å². The van der Waals surface area contributed by atoms with E-state index in [-0.39, 0.29) is 11.6 Å². The van der Waals surface area contributed by atoms with Gasteiger partial charge >= 0.3 is 0 Å². The fourth-order valence-corrected chi connectivity index (χ4v) is 2.03. The van der Waals surface area contributed by atoms with Crippen molar-refractivity contribution in [1.29, 1.82) is 0 Å². The lowest BCUT2D eigenvalue weighted by Gasteiger charge is -2.04. The fourth-order valence-electron chi connectivity index (χ4n) is 2.03. The van der Waals surface area contributed by atoms with Crippen molar-refractivity contribution in [2.75, 3.05) is 7.11 Å². The highest BCUT2D eigenvalue weighted by Gasteiger charge is 2.16. The van der Waals surface area contributed by atoms with Gasteiger partial charge in [-0.2, -0.15) is 4.98 Å². The van der Waals surface area contributed by atoms with Gasteiger partial charge in [0.15, 0.2) is 0 Å². The first-order valence-corrected chi connectivity index (χ1v) is 6.69. The number of nitro benzene ring substituents is 1. The lowest BCUT2D eigenvalue weighted by Crippen LogP contribution is -1.94. The molecule has 0 N–H and O–H groups in total. The lowest BCUT2D eigenvalue weighted by atomic mass is 10.2. The van der Waals surface area contributed by atoms with Crippen molar-refractivity contribution in [1.82, 2.24) is 15.1 Å². The van der Waals surface area contributed by atoms with Gasteiger partial charge in [0.05, 0.1) is 17.6 Å². The molecular formula is C15H12N4O4. The molecule has 0 radical (unpaired) electrons. The molecule has 0 bridgehead atoms. The number of aryl methyl sites for hydroxylation is 1. The number of hydrogen-bond acceptors (Lipinski definition) is 7. The third kappa shape index (κ3) is 2.86. The van der Waals surface area contributed by atoms with E-state index >= 15 is 0 Å². The van der Waals surface area contributed by atoms with Crippen LogP contribution in [-0.2, 0) is 0 Å². The minimum atomic E-state index is -0.466. The van der Waals surface area contributed by atoms with Crippen molar-refractivity contribution in [3.05, 3.63) is 52.2 Å². The van der Waals surface area contributed by atoms with Crippen molar-refractivity contribution in [3.63, 3.8) is 0 Å². The molecule has 0 fully saturated rings. The number of rotatable bonds is 4. The van der Waals surface area contributed by atoms with Crippen LogP contribution in [0.5, 0.6) is 5.88 Å². The summed E-state index contributed by atoms with van der Waals surface area (Å²) in [5, 5.41) is 14.6. The zero-order valence-corrected chi connectivity index (χ0v) is 12.4. The fraction of sp³-hybridized carbons (Fsp3) is 0.133. The number of nitrogens with zero attached hydrogens (tertiary/aromatic N) is 4. The van der Waals surface area contributed by atoms with Gasteiger partial charge in [0.25, 0.3) is 11.6 Å². The van der Waals surface area contributed by atoms with Crippen LogP contribution in [0.1, 0.15) is 5.69 Å². The number of aromatic nitrogens is 3. The molecule has 1 aromatic carbocycles. The Morgan fingerprint density at radius 3 is 2.52 bits per heavy atom. The molecule has 3 rings (SSSR count). The summed E-state index contributed by atoms with van der Waals surface area (Å²) in [6.45, 7) is 1.85. The molecule has 116 valence electrons. The van der Waals surface area contributed by atoms with Crippen LogP contribution < -0.4 is 4.74 Å². The van der Waals surface area contributed by atoms with Crippen molar-refractivity contribution in [2.24, 2.45) is 0 Å². The minimum Gasteiger partial charge on any atom is -0.480 e. The Bertz CT molecular complexity index is 858. The molecule has 8 nitrogen and oxygen atoms in total. The summed E-state index contributed by atoms with van der Waals surface area (Å²) in [6, 6.07) is 9.49. The Morgan fingerprint density at radius 1 is 1.13 bits per heavy atom. The van der Waals surface area contributed by atoms with E-state index in [0.717, 1.165) is 5.69 Å². The molecular weight excluding hydrogens is 300 g/mol. The van der Waals surface area contributed by atoms with Crippen molar-refractivity contribution < 1.29 is 14.2 Å². The summed E-state index contributed by atoms with van der Waals surface area (Å²) < 4.78 is 10.5. The monoisotopic (exact) mass is 312 g/mol. The van der Waals surface area contributed by atoms with Gasteiger partial charge < -0.3 is 9.26 Å². The summed E-state index contributed by atoms with van der Waals surface area (Å²) >= 11 is 0. The smallest absolute Gasteiger partial charge is 0.269 e. The normalized spacial score (nSPS) is 10.5. The van der Waals surface area contributed by atoms with E-state index in [4.69, 9.17) is 9.26 Å². The van der Waals surface area contributed by atoms with Gasteiger partial charge in [0, 0.05) is 23.4 Å². The van der Waals surface area contributed by atoms with E-state index in [0.29, 0.717) is 22.8 Å². The van der Waals surface area contributed by atoms with Crippen molar-refractivity contribution in [3.8, 4) is 28.7 Å². The molecule has 0 unspecified atom stereocenters. The van der Waals surface area contributed by atoms with E-state index in [1.165, 1.54) is 19.2 Å². The number of ether oxygens (including phenoxy) is 1. The van der Waals surface area contributed by atoms with Crippen LogP contribution in [0.25, 0.3) is 22.8 Å². The van der Waals surface area contributed by atoms with Crippen LogP contribution in [0.3, 0.4) is 0 Å². The van der Waals surface area contributed by atoms with E-state index in [1.54, 1.807) is 18.2 Å². The molecule has 0 saturated heterocycles. The molecule has 2 heterocycles. The predicted molar refractivity (Wildman–Crippen MR) is 80.9 cm³/mol. The van der Waals surface area contributed by atoms with Crippen molar-refractivity contribution in [2.45, 2.75) is 6.92 Å². The zero-order chi connectivity index (χ0) is 16.4. The molecule has 0 amide bonds. The number of hydrogen-bond donors (Lipinski definition) is 0. The number of non-ortho nitro benzene ring substituents is 1. The van der Waals surface area contributed by atoms with E-state index in [9.17, 15) is 10.1 Å². The first kappa shape index (κ1) is 14.6. The molecule has 23 heavy (non-hydrogen) atoms. The van der Waals surface area contributed by atoms with Crippen LogP contribution >= 0.6 is 0 Å². The van der Waals surface area contributed by atoms with Gasteiger partial charge in [0.2, 0.25) is 11.7 Å². The van der Waals surface area contributed by atoms with Crippen molar-refractivity contribution >= 4 is 5.69 Å². The molecule has 0 atom stereocenters. The maximum absolute atomic E-state index is 10.7. The van der Waals surface area contributed by atoms with Crippen LogP contribution in [0, 0.1) is 17.0 Å². The molecule has 0 spiro atoms. The van der Waals surface area contributed by atoms with Gasteiger partial charge in [-0.3, -0.25) is 10.1 Å². The molecule has 3 aromatic rings. The highest BCUT2D eigenvalue weighted by atomic mass is 16.6. The highest BCUT2D eigenvalue weighted by Crippen LogP contribution is 2.28. The number of pyridine rings is 1. The Hall–Kier alpha value is -3.29. The molecule has 8 heteroatoms. The quantitative estimate of drug-likeness (QED) is 0.538. The maximum Gasteiger partial charge on any atom is 0.269 e. The van der Waals surface area contributed by atoms with Crippen LogP contribution in [0.2, 0.25) is 0 Å². The first-order chi connectivity index (χ1) is 11.1. The minimum absolute atomic E-state index is 0.00195. The second kappa shape index (κ2) is 5.84. The zero-order valence-electron chi connectivity index (χ0n) is 12.4. The van der Waals surface area contributed by atoms with Crippen LogP contribution in [0.4, 0.5) is 5.69 Å². The summed E-state index contributed by atoms with van der Waals surface area (Å²) in [7, 11) is 1.52. The summed E-state index contributed by atoms with van der Waals surface area (Å²) in [4.78, 5) is 18.8.